The molecular weight excluding hydrogens is 268 g/mol. The Morgan fingerprint density at radius 1 is 1.53 bits per heavy atom. The predicted molar refractivity (Wildman–Crippen MR) is 69.8 cm³/mol. The number of nitrogens with zero attached hydrogens (tertiary/aromatic N) is 3. The second kappa shape index (κ2) is 5.24. The van der Waals surface area contributed by atoms with Crippen LogP contribution in [0, 0.1) is 4.77 Å². The van der Waals surface area contributed by atoms with Gasteiger partial charge in [-0.1, -0.05) is 0 Å². The lowest BCUT2D eigenvalue weighted by atomic mass is 10.3. The van der Waals surface area contributed by atoms with E-state index in [4.69, 9.17) is 26.4 Å². The van der Waals surface area contributed by atoms with E-state index in [0.717, 1.165) is 0 Å². The fraction of sp³-hybridized carbons (Fsp3) is 0.545. The van der Waals surface area contributed by atoms with Crippen molar-refractivity contribution in [2.24, 2.45) is 0 Å². The van der Waals surface area contributed by atoms with E-state index < -0.39 is 0 Å². The van der Waals surface area contributed by atoms with Gasteiger partial charge in [0.05, 0.1) is 39.6 Å². The molecule has 0 aliphatic carbocycles. The van der Waals surface area contributed by atoms with Gasteiger partial charge in [-0.25, -0.2) is 4.98 Å². The minimum absolute atomic E-state index is 0.0135. The molecule has 0 saturated carbocycles. The molecule has 7 nitrogen and oxygen atoms in total. The number of hydrogen-bond donors (Lipinski definition) is 1. The normalized spacial score (nSPS) is 19.7. The minimum Gasteiger partial charge on any atom is -0.479 e. The van der Waals surface area contributed by atoms with Gasteiger partial charge in [0, 0.05) is 0 Å². The molecule has 1 aliphatic heterocycles. The molecule has 2 aromatic heterocycles. The van der Waals surface area contributed by atoms with Crippen molar-refractivity contribution < 1.29 is 14.2 Å². The number of methoxy groups -OCH3 is 1. The highest BCUT2D eigenvalue weighted by Crippen LogP contribution is 2.20. The lowest BCUT2D eigenvalue weighted by Gasteiger charge is -2.23. The Kier molecular flexibility index (Phi) is 3.45. The number of rotatable bonds is 3. The molecule has 3 rings (SSSR count). The molecule has 0 radical (unpaired) electrons. The van der Waals surface area contributed by atoms with Gasteiger partial charge in [-0.3, -0.25) is 4.57 Å². The molecule has 1 saturated heterocycles. The molecule has 1 atom stereocenters. The van der Waals surface area contributed by atoms with Crippen LogP contribution in [0.25, 0.3) is 11.2 Å². The van der Waals surface area contributed by atoms with Gasteiger partial charge >= 0.3 is 0 Å². The molecule has 1 aliphatic rings. The fourth-order valence-corrected chi connectivity index (χ4v) is 2.38. The van der Waals surface area contributed by atoms with E-state index in [1.165, 1.54) is 6.33 Å². The number of imidazole rings is 1. The third kappa shape index (κ3) is 2.34. The lowest BCUT2D eigenvalue weighted by Crippen LogP contribution is -2.32. The van der Waals surface area contributed by atoms with Crippen molar-refractivity contribution in [3.05, 3.63) is 11.1 Å². The van der Waals surface area contributed by atoms with Crippen LogP contribution in [-0.2, 0) is 16.0 Å². The van der Waals surface area contributed by atoms with Crippen LogP contribution in [0.2, 0.25) is 0 Å². The first kappa shape index (κ1) is 12.5. The third-order valence-electron chi connectivity index (χ3n) is 2.99. The molecule has 0 aromatic carbocycles. The predicted octanol–water partition coefficient (Wildman–Crippen LogP) is 0.913. The maximum Gasteiger partial charge on any atom is 0.242 e. The Labute approximate surface area is 114 Å². The van der Waals surface area contributed by atoms with Gasteiger partial charge in [0.1, 0.15) is 11.8 Å². The van der Waals surface area contributed by atoms with Crippen molar-refractivity contribution in [1.29, 1.82) is 0 Å². The van der Waals surface area contributed by atoms with Gasteiger partial charge < -0.3 is 19.2 Å². The fourth-order valence-electron chi connectivity index (χ4n) is 2.12. The monoisotopic (exact) mass is 282 g/mol. The molecule has 3 heterocycles. The highest BCUT2D eigenvalue weighted by atomic mass is 32.1. The summed E-state index contributed by atoms with van der Waals surface area (Å²) >= 11 is 5.32. The van der Waals surface area contributed by atoms with Crippen LogP contribution in [0.15, 0.2) is 6.33 Å². The minimum atomic E-state index is -0.0135. The lowest BCUT2D eigenvalue weighted by molar-refractivity contribution is -0.0934. The average Bonchev–Trinajstić information content (AvgIpc) is 2.76. The molecule has 1 fully saturated rings. The third-order valence-corrected chi connectivity index (χ3v) is 3.31. The van der Waals surface area contributed by atoms with Gasteiger partial charge in [-0.05, 0) is 12.2 Å². The number of hydrogen-bond acceptors (Lipinski definition) is 6. The first-order chi connectivity index (χ1) is 9.29. The summed E-state index contributed by atoms with van der Waals surface area (Å²) in [6.07, 6.45) is 1.44. The van der Waals surface area contributed by atoms with Crippen LogP contribution in [0.4, 0.5) is 0 Å². The number of ether oxygens (including phenoxy) is 3. The van der Waals surface area contributed by atoms with Gasteiger partial charge in [0.15, 0.2) is 10.4 Å². The molecule has 2 aromatic rings. The zero-order valence-electron chi connectivity index (χ0n) is 10.5. The Morgan fingerprint density at radius 3 is 3.16 bits per heavy atom. The van der Waals surface area contributed by atoms with E-state index >= 15 is 0 Å². The average molecular weight is 282 g/mol. The summed E-state index contributed by atoms with van der Waals surface area (Å²) in [6, 6.07) is 0. The molecular formula is C11H14N4O3S. The van der Waals surface area contributed by atoms with Crippen molar-refractivity contribution in [3.8, 4) is 5.88 Å². The highest BCUT2D eigenvalue weighted by Gasteiger charge is 2.18. The summed E-state index contributed by atoms with van der Waals surface area (Å²) in [5, 5.41) is 0. The van der Waals surface area contributed by atoms with Crippen molar-refractivity contribution in [3.63, 3.8) is 0 Å². The molecule has 8 heteroatoms. The first-order valence-electron chi connectivity index (χ1n) is 5.96. The Hall–Kier alpha value is -1.51. The Balaban J connectivity index is 1.98. The summed E-state index contributed by atoms with van der Waals surface area (Å²) in [5.41, 5.74) is 1.41. The van der Waals surface area contributed by atoms with Crippen molar-refractivity contribution in [2.45, 2.75) is 12.6 Å². The zero-order chi connectivity index (χ0) is 13.2. The van der Waals surface area contributed by atoms with Gasteiger partial charge in [0.2, 0.25) is 5.88 Å². The molecule has 1 N–H and O–H groups in total. The molecule has 102 valence electrons. The number of aromatic amines is 1. The SMILES string of the molecule is COc1ncnc2c1[nH]c(=S)n2CC1COCCO1. The summed E-state index contributed by atoms with van der Waals surface area (Å²) < 4.78 is 18.7. The molecule has 0 bridgehead atoms. The van der Waals surface area contributed by atoms with E-state index in [-0.39, 0.29) is 6.10 Å². The summed E-state index contributed by atoms with van der Waals surface area (Å²) in [6.45, 7) is 2.42. The van der Waals surface area contributed by atoms with E-state index in [1.807, 2.05) is 4.57 Å². The zero-order valence-corrected chi connectivity index (χ0v) is 11.3. The van der Waals surface area contributed by atoms with E-state index in [9.17, 15) is 0 Å². The summed E-state index contributed by atoms with van der Waals surface area (Å²) in [5.74, 6) is 0.482. The van der Waals surface area contributed by atoms with Gasteiger partial charge in [0.25, 0.3) is 0 Å². The van der Waals surface area contributed by atoms with Crippen LogP contribution < -0.4 is 4.74 Å². The number of fused-ring (bicyclic) bond motifs is 1. The highest BCUT2D eigenvalue weighted by molar-refractivity contribution is 7.71. The number of aromatic nitrogens is 4. The molecule has 1 unspecified atom stereocenters. The second-order valence-electron chi connectivity index (χ2n) is 4.19. The quantitative estimate of drug-likeness (QED) is 0.844. The molecule has 19 heavy (non-hydrogen) atoms. The standard InChI is InChI=1S/C11H14N4O3S/c1-16-10-8-9(12-6-13-10)15(11(19)14-8)4-7-5-17-2-3-18-7/h6-7H,2-5H2,1H3,(H,14,19). The summed E-state index contributed by atoms with van der Waals surface area (Å²) in [7, 11) is 1.56. The van der Waals surface area contributed by atoms with Crippen LogP contribution in [0.1, 0.15) is 0 Å². The summed E-state index contributed by atoms with van der Waals surface area (Å²) in [4.78, 5) is 11.4. The van der Waals surface area contributed by atoms with E-state index in [1.54, 1.807) is 7.11 Å². The molecule has 0 spiro atoms. The maximum absolute atomic E-state index is 5.63. The van der Waals surface area contributed by atoms with Crippen molar-refractivity contribution in [1.82, 2.24) is 19.5 Å². The van der Waals surface area contributed by atoms with Crippen LogP contribution >= 0.6 is 12.2 Å². The Morgan fingerprint density at radius 2 is 2.42 bits per heavy atom. The number of nitrogens with one attached hydrogen (secondary N) is 1. The van der Waals surface area contributed by atoms with Crippen LogP contribution in [0.3, 0.4) is 0 Å². The van der Waals surface area contributed by atoms with Crippen LogP contribution in [0.5, 0.6) is 5.88 Å². The van der Waals surface area contributed by atoms with E-state index in [2.05, 4.69) is 15.0 Å². The maximum atomic E-state index is 5.63. The van der Waals surface area contributed by atoms with Crippen molar-refractivity contribution in [2.75, 3.05) is 26.9 Å². The second-order valence-corrected chi connectivity index (χ2v) is 4.58. The van der Waals surface area contributed by atoms with Crippen LogP contribution in [-0.4, -0.2) is 52.6 Å². The van der Waals surface area contributed by atoms with Gasteiger partial charge in [-0.2, -0.15) is 4.98 Å². The van der Waals surface area contributed by atoms with Gasteiger partial charge in [-0.15, -0.1) is 0 Å². The smallest absolute Gasteiger partial charge is 0.242 e. The Bertz CT molecular complexity index is 632. The first-order valence-corrected chi connectivity index (χ1v) is 6.37. The largest absolute Gasteiger partial charge is 0.479 e. The van der Waals surface area contributed by atoms with Crippen molar-refractivity contribution >= 4 is 23.4 Å². The number of H-pyrrole nitrogens is 1. The van der Waals surface area contributed by atoms with E-state index in [0.29, 0.717) is 48.2 Å². The topological polar surface area (TPSA) is 74.2 Å². The molecule has 0 amide bonds.